The van der Waals surface area contributed by atoms with Crippen molar-refractivity contribution < 1.29 is 13.4 Å². The quantitative estimate of drug-likeness (QED) is 0.0682. The average molecular weight is 533 g/mol. The summed E-state index contributed by atoms with van der Waals surface area (Å²) in [6, 6.07) is 0. The third-order valence-electron chi connectivity index (χ3n) is 7.07. The standard InChI is InChI=1S/C30H62O3P2/c1-3-5-7-9-11-13-15-17-19-21-23-25-27-29-34(31)33-35(32)30-28-26-24-22-20-18-16-14-12-10-8-6-4-2/h3-30H2,1-2H3/q+2. The van der Waals surface area contributed by atoms with Crippen molar-refractivity contribution in [3.05, 3.63) is 0 Å². The highest BCUT2D eigenvalue weighted by Crippen LogP contribution is 2.39. The van der Waals surface area contributed by atoms with E-state index in [0.29, 0.717) is 12.3 Å². The minimum Gasteiger partial charge on any atom is -0.0654 e. The van der Waals surface area contributed by atoms with E-state index in [1.165, 1.54) is 141 Å². The smallest absolute Gasteiger partial charge is 0.0654 e. The van der Waals surface area contributed by atoms with Crippen molar-refractivity contribution in [2.75, 3.05) is 12.3 Å². The third-order valence-corrected chi connectivity index (χ3v) is 9.89. The molecule has 35 heavy (non-hydrogen) atoms. The van der Waals surface area contributed by atoms with E-state index in [4.69, 9.17) is 4.31 Å². The molecule has 0 rings (SSSR count). The minimum absolute atomic E-state index is 0.576. The number of hydrogen-bond acceptors (Lipinski definition) is 3. The van der Waals surface area contributed by atoms with E-state index < -0.39 is 16.1 Å². The van der Waals surface area contributed by atoms with E-state index >= 15 is 0 Å². The van der Waals surface area contributed by atoms with Crippen molar-refractivity contribution >= 4 is 16.1 Å². The minimum atomic E-state index is -1.73. The monoisotopic (exact) mass is 532 g/mol. The molecule has 0 aromatic heterocycles. The lowest BCUT2D eigenvalue weighted by molar-refractivity contribution is 0.482. The maximum absolute atomic E-state index is 12.0. The van der Waals surface area contributed by atoms with Crippen molar-refractivity contribution in [2.45, 2.75) is 181 Å². The van der Waals surface area contributed by atoms with Crippen LogP contribution >= 0.6 is 16.1 Å². The molecule has 0 heterocycles. The summed E-state index contributed by atoms with van der Waals surface area (Å²) in [5, 5.41) is 0. The van der Waals surface area contributed by atoms with E-state index in [-0.39, 0.29) is 0 Å². The van der Waals surface area contributed by atoms with Crippen molar-refractivity contribution in [2.24, 2.45) is 0 Å². The van der Waals surface area contributed by atoms with Gasteiger partial charge in [0.05, 0.1) is 0 Å². The fraction of sp³-hybridized carbons (Fsp3) is 1.00. The normalized spacial score (nSPS) is 12.3. The Morgan fingerprint density at radius 1 is 0.343 bits per heavy atom. The molecule has 0 aliphatic rings. The van der Waals surface area contributed by atoms with Gasteiger partial charge in [0.25, 0.3) is 0 Å². The van der Waals surface area contributed by atoms with Crippen molar-refractivity contribution in [3.8, 4) is 0 Å². The van der Waals surface area contributed by atoms with Crippen LogP contribution in [0.1, 0.15) is 181 Å². The summed E-state index contributed by atoms with van der Waals surface area (Å²) in [6.45, 7) is 4.54. The Kier molecular flexibility index (Phi) is 30.5. The topological polar surface area (TPSA) is 43.4 Å². The van der Waals surface area contributed by atoms with E-state index in [1.807, 2.05) is 0 Å². The van der Waals surface area contributed by atoms with Crippen molar-refractivity contribution in [3.63, 3.8) is 0 Å². The summed E-state index contributed by atoms with van der Waals surface area (Å²) in [5.74, 6) is 0. The van der Waals surface area contributed by atoms with E-state index in [2.05, 4.69) is 13.8 Å². The molecule has 0 amide bonds. The summed E-state index contributed by atoms with van der Waals surface area (Å²) in [5.41, 5.74) is 0. The van der Waals surface area contributed by atoms with Crippen LogP contribution in [0.15, 0.2) is 0 Å². The third kappa shape index (κ3) is 30.3. The fourth-order valence-electron chi connectivity index (χ4n) is 4.70. The van der Waals surface area contributed by atoms with Crippen LogP contribution in [0.5, 0.6) is 0 Å². The molecule has 0 spiro atoms. The van der Waals surface area contributed by atoms with Gasteiger partial charge in [-0.25, -0.2) is 0 Å². The molecule has 0 radical (unpaired) electrons. The molecular weight excluding hydrogens is 470 g/mol. The SMILES string of the molecule is CCCCCCCCCCCCCCC[P+](=O)O[P+](=O)CCCCCCCCCCCCCCC. The van der Waals surface area contributed by atoms with Crippen LogP contribution in [-0.4, -0.2) is 12.3 Å². The molecule has 0 saturated carbocycles. The van der Waals surface area contributed by atoms with Crippen LogP contribution < -0.4 is 0 Å². The van der Waals surface area contributed by atoms with Gasteiger partial charge >= 0.3 is 16.1 Å². The predicted molar refractivity (Wildman–Crippen MR) is 157 cm³/mol. The number of hydrogen-bond donors (Lipinski definition) is 0. The van der Waals surface area contributed by atoms with E-state index in [9.17, 15) is 9.13 Å². The van der Waals surface area contributed by atoms with E-state index in [0.717, 1.165) is 25.7 Å². The first-order valence-electron chi connectivity index (χ1n) is 15.8. The molecule has 2 atom stereocenters. The highest BCUT2D eigenvalue weighted by atomic mass is 31.2. The molecule has 0 aliphatic heterocycles. The van der Waals surface area contributed by atoms with Gasteiger partial charge in [0.1, 0.15) is 4.31 Å². The molecule has 0 aromatic carbocycles. The Morgan fingerprint density at radius 2 is 0.543 bits per heavy atom. The molecule has 208 valence electrons. The zero-order valence-corrected chi connectivity index (χ0v) is 25.7. The first kappa shape index (κ1) is 35.2. The molecule has 0 saturated heterocycles. The lowest BCUT2D eigenvalue weighted by atomic mass is 10.1. The largest absolute Gasteiger partial charge is 0.561 e. The summed E-state index contributed by atoms with van der Waals surface area (Å²) in [4.78, 5) is 0. The summed E-state index contributed by atoms with van der Waals surface area (Å²) < 4.78 is 29.3. The van der Waals surface area contributed by atoms with Gasteiger partial charge in [-0.15, -0.1) is 0 Å². The molecular formula is C30H62O3P2+2. The molecule has 0 aromatic rings. The zero-order valence-electron chi connectivity index (χ0n) is 23.9. The molecule has 0 N–H and O–H groups in total. The molecule has 2 unspecified atom stereocenters. The van der Waals surface area contributed by atoms with E-state index in [1.54, 1.807) is 0 Å². The van der Waals surface area contributed by atoms with Crippen molar-refractivity contribution in [1.29, 1.82) is 0 Å². The predicted octanol–water partition coefficient (Wildman–Crippen LogP) is 12.7. The van der Waals surface area contributed by atoms with Gasteiger partial charge in [-0.2, -0.15) is 0 Å². The Labute approximate surface area is 222 Å². The van der Waals surface area contributed by atoms with Crippen LogP contribution in [0.25, 0.3) is 0 Å². The highest BCUT2D eigenvalue weighted by molar-refractivity contribution is 7.53. The van der Waals surface area contributed by atoms with Crippen LogP contribution in [0.3, 0.4) is 0 Å². The first-order chi connectivity index (χ1) is 17.2. The Bertz CT molecular complexity index is 417. The highest BCUT2D eigenvalue weighted by Gasteiger charge is 2.32. The van der Waals surface area contributed by atoms with Gasteiger partial charge in [0.15, 0.2) is 12.3 Å². The second-order valence-corrected chi connectivity index (χ2v) is 13.6. The Morgan fingerprint density at radius 3 is 0.771 bits per heavy atom. The molecule has 3 nitrogen and oxygen atoms in total. The lowest BCUT2D eigenvalue weighted by Gasteiger charge is -2.02. The molecule has 5 heteroatoms. The molecule has 0 bridgehead atoms. The van der Waals surface area contributed by atoms with Crippen LogP contribution in [0.2, 0.25) is 0 Å². The van der Waals surface area contributed by atoms with Gasteiger partial charge in [-0.1, -0.05) is 155 Å². The van der Waals surface area contributed by atoms with Gasteiger partial charge < -0.3 is 0 Å². The van der Waals surface area contributed by atoms with Crippen LogP contribution in [0.4, 0.5) is 0 Å². The first-order valence-corrected chi connectivity index (χ1v) is 18.5. The zero-order chi connectivity index (χ0) is 25.7. The van der Waals surface area contributed by atoms with Crippen LogP contribution in [-0.2, 0) is 13.4 Å². The average Bonchev–Trinajstić information content (AvgIpc) is 2.85. The van der Waals surface area contributed by atoms with Gasteiger partial charge in [-0.3, -0.25) is 0 Å². The van der Waals surface area contributed by atoms with Crippen LogP contribution in [0, 0.1) is 0 Å². The number of rotatable bonds is 30. The summed E-state index contributed by atoms with van der Waals surface area (Å²) >= 11 is 0. The van der Waals surface area contributed by atoms with Gasteiger partial charge in [0.2, 0.25) is 0 Å². The maximum atomic E-state index is 12.0. The second kappa shape index (κ2) is 30.4. The Balaban J connectivity index is 3.29. The van der Waals surface area contributed by atoms with Crippen molar-refractivity contribution in [1.82, 2.24) is 0 Å². The van der Waals surface area contributed by atoms with Gasteiger partial charge in [-0.05, 0) is 34.8 Å². The summed E-state index contributed by atoms with van der Waals surface area (Å²) in [6.07, 6.45) is 35.2. The fourth-order valence-corrected chi connectivity index (χ4v) is 7.13. The maximum Gasteiger partial charge on any atom is 0.561 e. The number of unbranched alkanes of at least 4 members (excludes halogenated alkanes) is 24. The molecule has 0 aliphatic carbocycles. The van der Waals surface area contributed by atoms with Gasteiger partial charge in [0, 0.05) is 0 Å². The summed E-state index contributed by atoms with van der Waals surface area (Å²) in [7, 11) is -3.47. The molecule has 0 fully saturated rings. The second-order valence-electron chi connectivity index (χ2n) is 10.7. The lowest BCUT2D eigenvalue weighted by Crippen LogP contribution is -1.86. The Hall–Kier alpha value is 0.160.